The fourth-order valence-electron chi connectivity index (χ4n) is 4.46. The van der Waals surface area contributed by atoms with E-state index in [1.807, 2.05) is 12.1 Å². The quantitative estimate of drug-likeness (QED) is 0.449. The molecule has 2 aromatic carbocycles. The molecule has 0 heterocycles. The van der Waals surface area contributed by atoms with Crippen LogP contribution < -0.4 is 4.74 Å². The second-order valence-corrected chi connectivity index (χ2v) is 9.73. The number of allylic oxidation sites excluding steroid dienone is 2. The predicted octanol–water partition coefficient (Wildman–Crippen LogP) is 8.11. The molecule has 0 N–H and O–H groups in total. The Hall–Kier alpha value is -1.80. The lowest BCUT2D eigenvalue weighted by Crippen LogP contribution is -2.30. The number of alkyl halides is 1. The minimum absolute atomic E-state index is 0.208. The van der Waals surface area contributed by atoms with E-state index in [1.165, 1.54) is 24.5 Å². The Labute approximate surface area is 179 Å². The van der Waals surface area contributed by atoms with Gasteiger partial charge in [0.25, 0.3) is 0 Å². The normalized spacial score (nSPS) is 20.7. The predicted molar refractivity (Wildman–Crippen MR) is 122 cm³/mol. The number of hydrogen-bond donors (Lipinski definition) is 0. The Morgan fingerprint density at radius 3 is 2.45 bits per heavy atom. The van der Waals surface area contributed by atoms with E-state index >= 15 is 0 Å². The van der Waals surface area contributed by atoms with Crippen molar-refractivity contribution >= 4 is 17.2 Å². The van der Waals surface area contributed by atoms with Gasteiger partial charge in [-0.15, -0.1) is 11.6 Å². The third-order valence-electron chi connectivity index (χ3n) is 7.33. The van der Waals surface area contributed by atoms with E-state index in [0.717, 1.165) is 16.7 Å². The van der Waals surface area contributed by atoms with Gasteiger partial charge in [0, 0.05) is 11.4 Å². The van der Waals surface area contributed by atoms with Crippen LogP contribution in [-0.2, 0) is 5.88 Å². The average Bonchev–Trinajstić information content (AvgIpc) is 2.90. The summed E-state index contributed by atoms with van der Waals surface area (Å²) < 4.78 is 20.1. The van der Waals surface area contributed by atoms with Crippen LogP contribution in [0.25, 0.3) is 16.7 Å². The molecule has 1 atom stereocenters. The largest absolute Gasteiger partial charge is 0.497 e. The van der Waals surface area contributed by atoms with Gasteiger partial charge >= 0.3 is 0 Å². The van der Waals surface area contributed by atoms with Gasteiger partial charge in [-0.2, -0.15) is 0 Å². The number of benzene rings is 2. The van der Waals surface area contributed by atoms with Crippen molar-refractivity contribution in [1.82, 2.24) is 0 Å². The van der Waals surface area contributed by atoms with Crippen LogP contribution in [0.1, 0.15) is 58.6 Å². The van der Waals surface area contributed by atoms with Gasteiger partial charge < -0.3 is 4.74 Å². The maximum atomic E-state index is 14.7. The second kappa shape index (κ2) is 8.14. The lowest BCUT2D eigenvalue weighted by atomic mass is 9.66. The Morgan fingerprint density at radius 1 is 1.14 bits per heavy atom. The van der Waals surface area contributed by atoms with Crippen LogP contribution in [0.15, 0.2) is 42.5 Å². The van der Waals surface area contributed by atoms with Crippen molar-refractivity contribution in [3.05, 3.63) is 59.4 Å². The molecular formula is C26H32ClFO. The topological polar surface area (TPSA) is 9.23 Å². The van der Waals surface area contributed by atoms with E-state index in [4.69, 9.17) is 16.3 Å². The van der Waals surface area contributed by atoms with Gasteiger partial charge in [0.2, 0.25) is 0 Å². The van der Waals surface area contributed by atoms with Crippen molar-refractivity contribution < 1.29 is 9.13 Å². The molecule has 1 aliphatic rings. The molecule has 0 aromatic heterocycles. The van der Waals surface area contributed by atoms with Crippen LogP contribution >= 0.6 is 11.6 Å². The fourth-order valence-corrected chi connectivity index (χ4v) is 4.62. The summed E-state index contributed by atoms with van der Waals surface area (Å²) in [4.78, 5) is 0. The monoisotopic (exact) mass is 414 g/mol. The van der Waals surface area contributed by atoms with Crippen LogP contribution in [0, 0.1) is 22.6 Å². The van der Waals surface area contributed by atoms with E-state index < -0.39 is 0 Å². The van der Waals surface area contributed by atoms with Crippen LogP contribution in [0.5, 0.6) is 5.75 Å². The molecule has 1 aliphatic carbocycles. The molecule has 0 aliphatic heterocycles. The summed E-state index contributed by atoms with van der Waals surface area (Å²) in [7, 11) is 1.60. The van der Waals surface area contributed by atoms with Crippen molar-refractivity contribution in [2.45, 2.75) is 53.3 Å². The molecule has 156 valence electrons. The minimum atomic E-state index is -0.249. The smallest absolute Gasteiger partial charge is 0.131 e. The summed E-state index contributed by atoms with van der Waals surface area (Å²) in [5.74, 6) is 1.32. The zero-order chi connectivity index (χ0) is 21.4. The minimum Gasteiger partial charge on any atom is -0.497 e. The van der Waals surface area contributed by atoms with Crippen molar-refractivity contribution in [2.75, 3.05) is 7.11 Å². The van der Waals surface area contributed by atoms with Gasteiger partial charge in [0.05, 0.1) is 7.11 Å². The zero-order valence-corrected chi connectivity index (χ0v) is 19.2. The first-order valence-electron chi connectivity index (χ1n) is 10.3. The highest BCUT2D eigenvalue weighted by molar-refractivity contribution is 6.17. The number of methoxy groups -OCH3 is 1. The van der Waals surface area contributed by atoms with Crippen molar-refractivity contribution in [3.63, 3.8) is 0 Å². The molecule has 0 bridgehead atoms. The molecule has 3 rings (SSSR count). The first-order chi connectivity index (χ1) is 13.6. The van der Waals surface area contributed by atoms with Crippen molar-refractivity contribution in [3.8, 4) is 16.9 Å². The van der Waals surface area contributed by atoms with Crippen LogP contribution in [0.2, 0.25) is 0 Å². The van der Waals surface area contributed by atoms with Gasteiger partial charge in [-0.05, 0) is 83.0 Å². The molecule has 0 radical (unpaired) electrons. The average molecular weight is 415 g/mol. The van der Waals surface area contributed by atoms with Crippen molar-refractivity contribution in [2.24, 2.45) is 16.7 Å². The standard InChI is InChI=1S/C26H32ClFO/c1-17(13-19-11-12-25(2,3)26(19,4)5)22-14-18(16-27)7-9-21(22)23-15-20(29-6)8-10-24(23)28/h7-10,13-15,19H,11-12,16H2,1-6H3/b17-13+. The van der Waals surface area contributed by atoms with Crippen molar-refractivity contribution in [1.29, 1.82) is 0 Å². The summed E-state index contributed by atoms with van der Waals surface area (Å²) in [5.41, 5.74) is 5.18. The molecule has 2 aromatic rings. The first-order valence-corrected chi connectivity index (χ1v) is 10.9. The molecule has 1 nitrogen and oxygen atoms in total. The highest BCUT2D eigenvalue weighted by Gasteiger charge is 2.47. The third-order valence-corrected chi connectivity index (χ3v) is 7.64. The molecular weight excluding hydrogens is 383 g/mol. The number of halogens is 2. The van der Waals surface area contributed by atoms with E-state index in [9.17, 15) is 4.39 Å². The second-order valence-electron chi connectivity index (χ2n) is 9.46. The highest BCUT2D eigenvalue weighted by atomic mass is 35.5. The van der Waals surface area contributed by atoms with E-state index in [2.05, 4.69) is 46.8 Å². The van der Waals surface area contributed by atoms with Gasteiger partial charge in [-0.3, -0.25) is 0 Å². The summed E-state index contributed by atoms with van der Waals surface area (Å²) in [6, 6.07) is 10.9. The lowest BCUT2D eigenvalue weighted by molar-refractivity contribution is 0.128. The zero-order valence-electron chi connectivity index (χ0n) is 18.4. The number of rotatable bonds is 5. The maximum absolute atomic E-state index is 14.7. The molecule has 0 amide bonds. The Bertz CT molecular complexity index is 926. The first kappa shape index (κ1) is 21.9. The summed E-state index contributed by atoms with van der Waals surface area (Å²) in [5, 5.41) is 0. The molecule has 1 fully saturated rings. The maximum Gasteiger partial charge on any atom is 0.131 e. The molecule has 3 heteroatoms. The van der Waals surface area contributed by atoms with Gasteiger partial charge in [0.15, 0.2) is 0 Å². The SMILES string of the molecule is COc1ccc(F)c(-c2ccc(CCl)cc2/C(C)=C/C2CCC(C)(C)C2(C)C)c1. The Morgan fingerprint density at radius 2 is 1.86 bits per heavy atom. The van der Waals surface area contributed by atoms with E-state index in [-0.39, 0.29) is 11.2 Å². The summed E-state index contributed by atoms with van der Waals surface area (Å²) in [6.45, 7) is 11.6. The molecule has 1 saturated carbocycles. The Balaban J connectivity index is 2.12. The van der Waals surface area contributed by atoms with Crippen LogP contribution in [0.4, 0.5) is 4.39 Å². The van der Waals surface area contributed by atoms with E-state index in [0.29, 0.717) is 28.5 Å². The molecule has 29 heavy (non-hydrogen) atoms. The van der Waals surface area contributed by atoms with Crippen LogP contribution in [0.3, 0.4) is 0 Å². The number of hydrogen-bond acceptors (Lipinski definition) is 1. The summed E-state index contributed by atoms with van der Waals surface area (Å²) in [6.07, 6.45) is 4.78. The van der Waals surface area contributed by atoms with Crippen LogP contribution in [-0.4, -0.2) is 7.11 Å². The lowest BCUT2D eigenvalue weighted by Gasteiger charge is -2.38. The van der Waals surface area contributed by atoms with Gasteiger partial charge in [-0.25, -0.2) is 4.39 Å². The fraction of sp³-hybridized carbons (Fsp3) is 0.462. The number of ether oxygens (including phenoxy) is 1. The van der Waals surface area contributed by atoms with E-state index in [1.54, 1.807) is 19.2 Å². The third kappa shape index (κ3) is 4.10. The van der Waals surface area contributed by atoms with Gasteiger partial charge in [-0.1, -0.05) is 45.9 Å². The summed E-state index contributed by atoms with van der Waals surface area (Å²) >= 11 is 6.12. The van der Waals surface area contributed by atoms with Gasteiger partial charge in [0.1, 0.15) is 11.6 Å². The molecule has 1 unspecified atom stereocenters. The highest BCUT2D eigenvalue weighted by Crippen LogP contribution is 2.56. The Kier molecular flexibility index (Phi) is 6.15. The molecule has 0 spiro atoms. The molecule has 0 saturated heterocycles.